The minimum absolute atomic E-state index is 0.141. The summed E-state index contributed by atoms with van der Waals surface area (Å²) in [6.45, 7) is 1.80. The smallest absolute Gasteiger partial charge is 0.237 e. The second kappa shape index (κ2) is 4.14. The van der Waals surface area contributed by atoms with Crippen LogP contribution in [-0.2, 0) is 10.1 Å². The van der Waals surface area contributed by atoms with Crippen LogP contribution in [0.4, 0.5) is 10.1 Å². The Kier molecular flexibility index (Phi) is 3.02. The third-order valence-electron chi connectivity index (χ3n) is 2.25. The van der Waals surface area contributed by atoms with Crippen LogP contribution in [0.5, 0.6) is 0 Å². The fourth-order valence-electron chi connectivity index (χ4n) is 1.39. The van der Waals surface area contributed by atoms with Crippen molar-refractivity contribution < 1.29 is 9.18 Å². The van der Waals surface area contributed by atoms with E-state index in [0.29, 0.717) is 16.6 Å². The summed E-state index contributed by atoms with van der Waals surface area (Å²) in [6.07, 6.45) is 0. The topological polar surface area (TPSA) is 29.1 Å². The van der Waals surface area contributed by atoms with Crippen LogP contribution in [0.25, 0.3) is 0 Å². The molecule has 1 N–H and O–H groups in total. The van der Waals surface area contributed by atoms with Gasteiger partial charge in [-0.1, -0.05) is 22.0 Å². The maximum atomic E-state index is 13.8. The molecule has 0 saturated carbocycles. The lowest BCUT2D eigenvalue weighted by Gasteiger charge is -2.22. The number of hydrogen-bond acceptors (Lipinski definition) is 2. The van der Waals surface area contributed by atoms with E-state index in [-0.39, 0.29) is 17.0 Å². The van der Waals surface area contributed by atoms with Gasteiger partial charge in [-0.25, -0.2) is 4.39 Å². The number of carbonyl (C=O) groups excluding carboxylic acids is 1. The minimum atomic E-state index is -0.336. The van der Waals surface area contributed by atoms with Crippen molar-refractivity contribution in [3.63, 3.8) is 0 Å². The molecule has 0 radical (unpaired) electrons. The molecule has 2 nitrogen and oxygen atoms in total. The van der Waals surface area contributed by atoms with Gasteiger partial charge in [0, 0.05) is 15.8 Å². The molecule has 2 rings (SSSR count). The van der Waals surface area contributed by atoms with Gasteiger partial charge in [0.25, 0.3) is 0 Å². The van der Waals surface area contributed by atoms with Gasteiger partial charge in [-0.3, -0.25) is 4.79 Å². The van der Waals surface area contributed by atoms with Crippen molar-refractivity contribution in [1.29, 1.82) is 0 Å². The van der Waals surface area contributed by atoms with Gasteiger partial charge in [-0.05, 0) is 13.0 Å². The van der Waals surface area contributed by atoms with Crippen LogP contribution < -0.4 is 5.32 Å². The highest BCUT2D eigenvalue weighted by Gasteiger charge is 2.26. The van der Waals surface area contributed by atoms with Crippen LogP contribution >= 0.6 is 27.7 Å². The number of amides is 1. The minimum Gasteiger partial charge on any atom is -0.322 e. The Morgan fingerprint density at radius 2 is 2.33 bits per heavy atom. The average molecular weight is 290 g/mol. The molecule has 5 heteroatoms. The van der Waals surface area contributed by atoms with Gasteiger partial charge in [-0.2, -0.15) is 0 Å². The molecule has 0 fully saturated rings. The zero-order valence-corrected chi connectivity index (χ0v) is 10.4. The second-order valence-electron chi connectivity index (χ2n) is 3.29. The van der Waals surface area contributed by atoms with Gasteiger partial charge in [0.05, 0.1) is 10.9 Å². The molecular formula is C10H9BrFNOS. The summed E-state index contributed by atoms with van der Waals surface area (Å²) < 4.78 is 13.8. The number of benzene rings is 1. The molecule has 1 aromatic rings. The molecule has 1 atom stereocenters. The number of hydrogen-bond donors (Lipinski definition) is 1. The monoisotopic (exact) mass is 289 g/mol. The van der Waals surface area contributed by atoms with Crippen LogP contribution in [0.2, 0.25) is 0 Å². The molecule has 1 amide bonds. The number of alkyl halides is 1. The van der Waals surface area contributed by atoms with Gasteiger partial charge in [0.2, 0.25) is 5.91 Å². The predicted molar refractivity (Wildman–Crippen MR) is 63.0 cm³/mol. The summed E-state index contributed by atoms with van der Waals surface area (Å²) in [4.78, 5) is 12.2. The Hall–Kier alpha value is -0.550. The molecule has 0 bridgehead atoms. The van der Waals surface area contributed by atoms with Crippen molar-refractivity contribution in [2.24, 2.45) is 0 Å². The fraction of sp³-hybridized carbons (Fsp3) is 0.300. The summed E-state index contributed by atoms with van der Waals surface area (Å²) in [5, 5.41) is 2.88. The molecule has 1 unspecified atom stereocenters. The predicted octanol–water partition coefficient (Wildman–Crippen LogP) is 3.15. The van der Waals surface area contributed by atoms with Crippen LogP contribution in [0.3, 0.4) is 0 Å². The Bertz CT molecular complexity index is 424. The van der Waals surface area contributed by atoms with Crippen LogP contribution in [0.15, 0.2) is 17.0 Å². The van der Waals surface area contributed by atoms with Gasteiger partial charge >= 0.3 is 0 Å². The van der Waals surface area contributed by atoms with E-state index in [1.165, 1.54) is 11.8 Å². The Morgan fingerprint density at radius 3 is 3.00 bits per heavy atom. The zero-order chi connectivity index (χ0) is 11.0. The van der Waals surface area contributed by atoms with Crippen molar-refractivity contribution in [3.05, 3.63) is 23.5 Å². The Morgan fingerprint density at radius 1 is 1.60 bits per heavy atom. The van der Waals surface area contributed by atoms with E-state index in [4.69, 9.17) is 0 Å². The first-order valence-corrected chi connectivity index (χ1v) is 6.48. The van der Waals surface area contributed by atoms with E-state index in [1.54, 1.807) is 13.0 Å². The van der Waals surface area contributed by atoms with E-state index in [2.05, 4.69) is 21.2 Å². The van der Waals surface area contributed by atoms with Gasteiger partial charge in [0.15, 0.2) is 5.82 Å². The maximum absolute atomic E-state index is 13.8. The van der Waals surface area contributed by atoms with Gasteiger partial charge in [-0.15, -0.1) is 11.8 Å². The normalized spacial score (nSPS) is 19.7. The number of thioether (sulfide) groups is 1. The van der Waals surface area contributed by atoms with Crippen molar-refractivity contribution in [1.82, 2.24) is 0 Å². The first kappa shape index (κ1) is 11.0. The molecule has 80 valence electrons. The fourth-order valence-corrected chi connectivity index (χ4v) is 2.77. The first-order chi connectivity index (χ1) is 7.13. The van der Waals surface area contributed by atoms with Crippen LogP contribution in [-0.4, -0.2) is 11.2 Å². The molecular weight excluding hydrogens is 281 g/mol. The highest BCUT2D eigenvalue weighted by atomic mass is 79.9. The molecule has 15 heavy (non-hydrogen) atoms. The number of carbonyl (C=O) groups is 1. The summed E-state index contributed by atoms with van der Waals surface area (Å²) in [5.41, 5.74) is 0.879. The van der Waals surface area contributed by atoms with Crippen molar-refractivity contribution in [3.8, 4) is 0 Å². The number of halogens is 2. The van der Waals surface area contributed by atoms with Crippen LogP contribution in [0.1, 0.15) is 12.5 Å². The molecule has 0 saturated heterocycles. The molecule has 1 aliphatic rings. The van der Waals surface area contributed by atoms with E-state index in [9.17, 15) is 9.18 Å². The third-order valence-corrected chi connectivity index (χ3v) is 4.01. The molecule has 1 heterocycles. The van der Waals surface area contributed by atoms with Crippen molar-refractivity contribution in [2.75, 3.05) is 5.32 Å². The summed E-state index contributed by atoms with van der Waals surface area (Å²) >= 11 is 4.59. The maximum Gasteiger partial charge on any atom is 0.237 e. The first-order valence-electron chi connectivity index (χ1n) is 4.48. The number of fused-ring (bicyclic) bond motifs is 1. The Labute approximate surface area is 99.8 Å². The number of nitrogens with one attached hydrogen (secondary N) is 1. The highest BCUT2D eigenvalue weighted by Crippen LogP contribution is 2.38. The van der Waals surface area contributed by atoms with Gasteiger partial charge < -0.3 is 5.32 Å². The molecule has 0 aliphatic carbocycles. The summed E-state index contributed by atoms with van der Waals surface area (Å²) in [6, 6.07) is 3.58. The lowest BCUT2D eigenvalue weighted by atomic mass is 10.2. The van der Waals surface area contributed by atoms with E-state index in [1.807, 2.05) is 6.07 Å². The lowest BCUT2D eigenvalue weighted by Crippen LogP contribution is -2.27. The molecule has 0 aromatic heterocycles. The van der Waals surface area contributed by atoms with E-state index in [0.717, 1.165) is 4.90 Å². The highest BCUT2D eigenvalue weighted by molar-refractivity contribution is 9.08. The third kappa shape index (κ3) is 1.90. The standard InChI is InChI=1S/C10H9BrFNOS/c1-5-10(14)13-9-7(15-5)3-2-6(4-11)8(9)12/h2-3,5H,4H2,1H3,(H,13,14). The van der Waals surface area contributed by atoms with Crippen LogP contribution in [0, 0.1) is 5.82 Å². The Balaban J connectivity index is 2.49. The van der Waals surface area contributed by atoms with E-state index < -0.39 is 0 Å². The lowest BCUT2D eigenvalue weighted by molar-refractivity contribution is -0.115. The number of rotatable bonds is 1. The van der Waals surface area contributed by atoms with Gasteiger partial charge in [0.1, 0.15) is 0 Å². The quantitative estimate of drug-likeness (QED) is 0.805. The summed E-state index contributed by atoms with van der Waals surface area (Å²) in [5.74, 6) is -0.477. The average Bonchev–Trinajstić information content (AvgIpc) is 2.22. The largest absolute Gasteiger partial charge is 0.322 e. The second-order valence-corrected chi connectivity index (χ2v) is 5.24. The van der Waals surface area contributed by atoms with Crippen molar-refractivity contribution in [2.45, 2.75) is 22.4 Å². The number of anilines is 1. The van der Waals surface area contributed by atoms with E-state index >= 15 is 0 Å². The SMILES string of the molecule is CC1Sc2ccc(CBr)c(F)c2NC1=O. The van der Waals surface area contributed by atoms with Crippen molar-refractivity contribution >= 4 is 39.3 Å². The molecule has 0 spiro atoms. The summed E-state index contributed by atoms with van der Waals surface area (Å²) in [7, 11) is 0. The zero-order valence-electron chi connectivity index (χ0n) is 8.01. The molecule has 1 aliphatic heterocycles. The molecule has 1 aromatic carbocycles.